The second-order valence-electron chi connectivity index (χ2n) is 1.27. The van der Waals surface area contributed by atoms with Crippen LogP contribution in [0.4, 0.5) is 0 Å². The third kappa shape index (κ3) is 414. The van der Waals surface area contributed by atoms with E-state index >= 15 is 0 Å². The van der Waals surface area contributed by atoms with Crippen LogP contribution in [0.15, 0.2) is 12.7 Å². The van der Waals surface area contributed by atoms with Crippen molar-refractivity contribution in [1.29, 1.82) is 0 Å². The van der Waals surface area contributed by atoms with E-state index in [0.717, 1.165) is 0 Å². The van der Waals surface area contributed by atoms with E-state index in [2.05, 4.69) is 22.8 Å². The van der Waals surface area contributed by atoms with Crippen molar-refractivity contribution >= 4 is 6.72 Å². The molecule has 0 bridgehead atoms. The van der Waals surface area contributed by atoms with Crippen LogP contribution in [0.3, 0.4) is 0 Å². The minimum atomic E-state index is 0.122. The zero-order chi connectivity index (χ0) is 9.54. The van der Waals surface area contributed by atoms with E-state index in [4.69, 9.17) is 10.6 Å². The Morgan fingerprint density at radius 1 is 1.73 bits per heavy atom. The van der Waals surface area contributed by atoms with Gasteiger partial charge in [-0.2, -0.15) is 4.79 Å². The molecule has 0 unspecified atom stereocenters. The summed E-state index contributed by atoms with van der Waals surface area (Å²) >= 11 is 0. The van der Waals surface area contributed by atoms with Gasteiger partial charge in [0.15, 0.2) is 0 Å². The highest BCUT2D eigenvalue weighted by Gasteiger charge is 1.67. The highest BCUT2D eigenvalue weighted by atomic mass is 16.5. The molecular weight excluding hydrogens is 144 g/mol. The molecule has 0 fully saturated rings. The average molecular weight is 160 g/mol. The van der Waals surface area contributed by atoms with Gasteiger partial charge in [-0.1, -0.05) is 6.08 Å². The van der Waals surface area contributed by atoms with Gasteiger partial charge < -0.3 is 15.4 Å². The Morgan fingerprint density at radius 3 is 2.00 bits per heavy atom. The number of aliphatic hydroxyl groups is 1. The molecule has 1 N–H and O–H groups in total. The summed E-state index contributed by atoms with van der Waals surface area (Å²) in [6, 6.07) is 0. The Balaban J connectivity index is -0.0000000933. The molecule has 0 aromatic carbocycles. The predicted molar refractivity (Wildman–Crippen MR) is 45.6 cm³/mol. The van der Waals surface area contributed by atoms with Gasteiger partial charge in [0.1, 0.15) is 0 Å². The van der Waals surface area contributed by atoms with Crippen LogP contribution in [0.25, 0.3) is 5.53 Å². The normalized spacial score (nSPS) is 5.73. The first kappa shape index (κ1) is 16.6. The Labute approximate surface area is 67.7 Å². The summed E-state index contributed by atoms with van der Waals surface area (Å²) in [5, 5.41) is 7.94. The maximum atomic E-state index is 7.94. The van der Waals surface area contributed by atoms with E-state index < -0.39 is 0 Å². The van der Waals surface area contributed by atoms with Gasteiger partial charge in [0.25, 0.3) is 0 Å². The highest BCUT2D eigenvalue weighted by molar-refractivity contribution is 5.12. The molecule has 66 valence electrons. The van der Waals surface area contributed by atoms with Crippen LogP contribution in [0.1, 0.15) is 6.92 Å². The molecule has 0 aliphatic carbocycles. The monoisotopic (exact) mass is 160 g/mol. The van der Waals surface area contributed by atoms with Crippen LogP contribution < -0.4 is 0 Å². The molecule has 0 saturated heterocycles. The lowest BCUT2D eigenvalue weighted by atomic mass is 10.8. The number of methoxy groups -OCH3 is 1. The maximum Gasteiger partial charge on any atom is 0.245 e. The molecule has 0 rings (SSSR count). The lowest BCUT2D eigenvalue weighted by Crippen LogP contribution is -1.91. The van der Waals surface area contributed by atoms with Gasteiger partial charge in [-0.15, -0.1) is 6.58 Å². The molecule has 0 heterocycles. The first-order chi connectivity index (χ1) is 5.24. The number of ether oxygens (including phenoxy) is 1. The van der Waals surface area contributed by atoms with Gasteiger partial charge >= 0.3 is 0 Å². The molecule has 0 aliphatic rings. The summed E-state index contributed by atoms with van der Waals surface area (Å²) in [4.78, 5) is 2.25. The molecular formula is C7H16N2O2. The lowest BCUT2D eigenvalue weighted by molar-refractivity contribution is 0.0110. The largest absolute Gasteiger partial charge is 0.394 e. The Kier molecular flexibility index (Phi) is 53.9. The first-order valence-electron chi connectivity index (χ1n) is 3.01. The third-order valence-electron chi connectivity index (χ3n) is 0.295. The van der Waals surface area contributed by atoms with Crippen LogP contribution in [0.2, 0.25) is 0 Å². The summed E-state index contributed by atoms with van der Waals surface area (Å²) in [6.45, 7) is 8.48. The van der Waals surface area contributed by atoms with Gasteiger partial charge in [-0.3, -0.25) is 0 Å². The van der Waals surface area contributed by atoms with Crippen molar-refractivity contribution in [3.05, 3.63) is 18.2 Å². The van der Waals surface area contributed by atoms with Gasteiger partial charge in [0.05, 0.1) is 13.2 Å². The Hall–Kier alpha value is -0.960. The van der Waals surface area contributed by atoms with Crippen molar-refractivity contribution < 1.29 is 14.6 Å². The highest BCUT2D eigenvalue weighted by Crippen LogP contribution is 1.56. The van der Waals surface area contributed by atoms with Crippen LogP contribution in [-0.2, 0) is 4.74 Å². The topological polar surface area (TPSA) is 65.9 Å². The number of hydrogen-bond acceptors (Lipinski definition) is 2. The van der Waals surface area contributed by atoms with Crippen LogP contribution in [0.5, 0.6) is 0 Å². The molecule has 0 amide bonds. The number of allylic oxidation sites excluding steroid dienone is 1. The molecule has 11 heavy (non-hydrogen) atoms. The fraction of sp³-hybridized carbons (Fsp3) is 0.571. The van der Waals surface area contributed by atoms with Crippen LogP contribution >= 0.6 is 0 Å². The lowest BCUT2D eigenvalue weighted by Gasteiger charge is -1.84. The van der Waals surface area contributed by atoms with Gasteiger partial charge in [-0.05, 0) is 6.92 Å². The summed E-state index contributed by atoms with van der Waals surface area (Å²) in [5.74, 6) is 0. The fourth-order valence-electron chi connectivity index (χ4n) is 0.0913. The van der Waals surface area contributed by atoms with E-state index in [1.54, 1.807) is 13.2 Å². The van der Waals surface area contributed by atoms with E-state index in [9.17, 15) is 0 Å². The molecule has 0 aromatic rings. The van der Waals surface area contributed by atoms with Crippen molar-refractivity contribution in [2.45, 2.75) is 6.92 Å². The molecule has 0 spiro atoms. The number of rotatable bonds is 2. The molecule has 0 radical (unpaired) electrons. The van der Waals surface area contributed by atoms with Crippen LogP contribution in [0, 0.1) is 0 Å². The SMILES string of the molecule is C=CC.C=[N+]=[N-].COCCO. The van der Waals surface area contributed by atoms with E-state index in [1.807, 2.05) is 6.92 Å². The molecule has 0 atom stereocenters. The zero-order valence-electron chi connectivity index (χ0n) is 7.16. The van der Waals surface area contributed by atoms with E-state index in [-0.39, 0.29) is 6.61 Å². The van der Waals surface area contributed by atoms with Crippen molar-refractivity contribution in [2.24, 2.45) is 0 Å². The number of nitrogens with zero attached hydrogens (tertiary/aromatic N) is 2. The fourth-order valence-corrected chi connectivity index (χ4v) is 0.0913. The minimum Gasteiger partial charge on any atom is -0.394 e. The average Bonchev–Trinajstić information content (AvgIpc) is 1.92. The van der Waals surface area contributed by atoms with E-state index in [0.29, 0.717) is 6.61 Å². The van der Waals surface area contributed by atoms with Gasteiger partial charge in [0.2, 0.25) is 6.72 Å². The first-order valence-corrected chi connectivity index (χ1v) is 3.01. The summed E-state index contributed by atoms with van der Waals surface area (Å²) in [7, 11) is 1.55. The minimum absolute atomic E-state index is 0.122. The zero-order valence-corrected chi connectivity index (χ0v) is 7.16. The van der Waals surface area contributed by atoms with E-state index in [1.165, 1.54) is 0 Å². The predicted octanol–water partition coefficient (Wildman–Crippen LogP) is 0.734. The van der Waals surface area contributed by atoms with Gasteiger partial charge in [-0.25, -0.2) is 0 Å². The summed E-state index contributed by atoms with van der Waals surface area (Å²) in [5.41, 5.74) is 7.08. The summed E-state index contributed by atoms with van der Waals surface area (Å²) < 4.78 is 4.44. The number of aliphatic hydroxyl groups excluding tert-OH is 1. The third-order valence-corrected chi connectivity index (χ3v) is 0.295. The van der Waals surface area contributed by atoms with Crippen molar-refractivity contribution in [1.82, 2.24) is 0 Å². The molecule has 4 nitrogen and oxygen atoms in total. The second kappa shape index (κ2) is 35.8. The van der Waals surface area contributed by atoms with Crippen molar-refractivity contribution in [2.75, 3.05) is 20.3 Å². The van der Waals surface area contributed by atoms with Crippen molar-refractivity contribution in [3.63, 3.8) is 0 Å². The molecule has 4 heteroatoms. The van der Waals surface area contributed by atoms with Gasteiger partial charge in [0, 0.05) is 7.11 Å². The standard InChI is InChI=1S/C3H8O2.C3H6.CH2N2/c1-5-3-2-4;2*1-3-2/h4H,2-3H2,1H3;3H,1H2,2H3;1H2. The Bertz CT molecular complexity index is 86.4. The second-order valence-corrected chi connectivity index (χ2v) is 1.27. The summed E-state index contributed by atoms with van der Waals surface area (Å²) in [6.07, 6.45) is 1.75. The Morgan fingerprint density at radius 2 is 2.00 bits per heavy atom. The quantitative estimate of drug-likeness (QED) is 0.280. The number of hydrogen-bond donors (Lipinski definition) is 1. The molecule has 0 aromatic heterocycles. The maximum absolute atomic E-state index is 7.94. The van der Waals surface area contributed by atoms with Crippen molar-refractivity contribution in [3.8, 4) is 0 Å². The molecule has 0 aliphatic heterocycles. The smallest absolute Gasteiger partial charge is 0.245 e. The molecule has 0 saturated carbocycles. The van der Waals surface area contributed by atoms with Crippen LogP contribution in [-0.4, -0.2) is 36.9 Å².